The third kappa shape index (κ3) is 10.3. The molecule has 1 aliphatic rings. The lowest BCUT2D eigenvalue weighted by Gasteiger charge is -2.32. The van der Waals surface area contributed by atoms with Gasteiger partial charge in [-0.3, -0.25) is 14.6 Å². The van der Waals surface area contributed by atoms with Crippen LogP contribution in [0.3, 0.4) is 0 Å². The molecule has 30 heavy (non-hydrogen) atoms. The van der Waals surface area contributed by atoms with Crippen LogP contribution in [0.25, 0.3) is 0 Å². The van der Waals surface area contributed by atoms with Crippen LogP contribution in [0.15, 0.2) is 11.1 Å². The highest BCUT2D eigenvalue weighted by molar-refractivity contribution is 14.0. The summed E-state index contributed by atoms with van der Waals surface area (Å²) in [6.07, 6.45) is -0.574. The molecule has 10 heteroatoms. The zero-order valence-electron chi connectivity index (χ0n) is 18.3. The van der Waals surface area contributed by atoms with Gasteiger partial charge in [-0.1, -0.05) is 0 Å². The lowest BCUT2D eigenvalue weighted by Crippen LogP contribution is -2.41. The first-order valence-corrected chi connectivity index (χ1v) is 10.6. The van der Waals surface area contributed by atoms with Crippen molar-refractivity contribution in [3.63, 3.8) is 0 Å². The molecule has 0 radical (unpaired) electrons. The highest BCUT2D eigenvalue weighted by atomic mass is 127. The number of piperidine rings is 1. The molecule has 0 aromatic carbocycles. The summed E-state index contributed by atoms with van der Waals surface area (Å²) in [6.45, 7) is 9.50. The Morgan fingerprint density at radius 1 is 1.23 bits per heavy atom. The maximum atomic E-state index is 12.5. The van der Waals surface area contributed by atoms with E-state index in [-0.39, 0.29) is 24.0 Å². The summed E-state index contributed by atoms with van der Waals surface area (Å²) in [4.78, 5) is 6.13. The number of hydrogen-bond donors (Lipinski definition) is 2. The molecular weight excluding hydrogens is 508 g/mol. The second kappa shape index (κ2) is 13.4. The van der Waals surface area contributed by atoms with Crippen molar-refractivity contribution in [1.82, 2.24) is 25.3 Å². The van der Waals surface area contributed by atoms with Crippen LogP contribution in [-0.4, -0.2) is 66.1 Å². The van der Waals surface area contributed by atoms with Gasteiger partial charge in [-0.15, -0.1) is 24.0 Å². The standard InChI is InChI=1S/C20H35F3N6.HI/c1-4-24-19(25-9-5-11-29-17(3)14-16(2)27-29)26-10-6-18-7-12-28(13-8-18)15-20(21,22)23;/h14,18H,4-13,15H2,1-3H3,(H2,24,25,26);1H. The predicted octanol–water partition coefficient (Wildman–Crippen LogP) is 3.73. The topological polar surface area (TPSA) is 57.5 Å². The lowest BCUT2D eigenvalue weighted by molar-refractivity contribution is -0.148. The molecule has 0 amide bonds. The van der Waals surface area contributed by atoms with Crippen molar-refractivity contribution in [3.8, 4) is 0 Å². The number of nitrogens with one attached hydrogen (secondary N) is 2. The fourth-order valence-corrected chi connectivity index (χ4v) is 3.74. The normalized spacial score (nSPS) is 16.4. The summed E-state index contributed by atoms with van der Waals surface area (Å²) in [5, 5.41) is 11.1. The summed E-state index contributed by atoms with van der Waals surface area (Å²) in [5.74, 6) is 1.27. The van der Waals surface area contributed by atoms with Crippen molar-refractivity contribution in [1.29, 1.82) is 0 Å². The van der Waals surface area contributed by atoms with E-state index in [4.69, 9.17) is 0 Å². The maximum Gasteiger partial charge on any atom is 0.401 e. The third-order valence-electron chi connectivity index (χ3n) is 5.20. The Balaban J connectivity index is 0.00000450. The van der Waals surface area contributed by atoms with E-state index in [1.807, 2.05) is 18.5 Å². The largest absolute Gasteiger partial charge is 0.401 e. The molecule has 0 aliphatic carbocycles. The summed E-state index contributed by atoms with van der Waals surface area (Å²) < 4.78 is 39.4. The lowest BCUT2D eigenvalue weighted by atomic mass is 9.93. The highest BCUT2D eigenvalue weighted by Crippen LogP contribution is 2.23. The number of halogens is 4. The van der Waals surface area contributed by atoms with Gasteiger partial charge in [0.1, 0.15) is 0 Å². The minimum atomic E-state index is -4.10. The van der Waals surface area contributed by atoms with Gasteiger partial charge in [-0.05, 0) is 71.5 Å². The van der Waals surface area contributed by atoms with Crippen LogP contribution >= 0.6 is 24.0 Å². The molecule has 174 valence electrons. The van der Waals surface area contributed by atoms with E-state index >= 15 is 0 Å². The number of alkyl halides is 3. The second-order valence-electron chi connectivity index (χ2n) is 7.81. The molecule has 1 fully saturated rings. The Morgan fingerprint density at radius 2 is 1.93 bits per heavy atom. The first kappa shape index (κ1) is 27.0. The zero-order chi connectivity index (χ0) is 21.3. The van der Waals surface area contributed by atoms with Crippen LogP contribution in [-0.2, 0) is 6.54 Å². The molecule has 1 aromatic rings. The zero-order valence-corrected chi connectivity index (χ0v) is 20.6. The Bertz CT molecular complexity index is 639. The molecule has 0 saturated carbocycles. The molecule has 0 spiro atoms. The molecule has 0 unspecified atom stereocenters. The van der Waals surface area contributed by atoms with Crippen molar-refractivity contribution in [3.05, 3.63) is 17.5 Å². The number of likely N-dealkylation sites (tertiary alicyclic amines) is 1. The summed E-state index contributed by atoms with van der Waals surface area (Å²) in [7, 11) is 0. The van der Waals surface area contributed by atoms with Crippen molar-refractivity contribution < 1.29 is 13.2 Å². The van der Waals surface area contributed by atoms with Gasteiger partial charge in [0, 0.05) is 31.9 Å². The van der Waals surface area contributed by atoms with E-state index in [2.05, 4.69) is 33.7 Å². The molecule has 0 atom stereocenters. The Labute approximate surface area is 195 Å². The fourth-order valence-electron chi connectivity index (χ4n) is 3.74. The number of hydrogen-bond acceptors (Lipinski definition) is 3. The molecule has 2 rings (SSSR count). The number of nitrogens with zero attached hydrogens (tertiary/aromatic N) is 4. The Hall–Kier alpha value is -1.04. The number of aromatic nitrogens is 2. The van der Waals surface area contributed by atoms with Gasteiger partial charge in [0.05, 0.1) is 12.2 Å². The smallest absolute Gasteiger partial charge is 0.357 e. The van der Waals surface area contributed by atoms with Gasteiger partial charge in [0.25, 0.3) is 0 Å². The van der Waals surface area contributed by atoms with Gasteiger partial charge in [0.15, 0.2) is 5.96 Å². The van der Waals surface area contributed by atoms with Gasteiger partial charge in [0.2, 0.25) is 0 Å². The summed E-state index contributed by atoms with van der Waals surface area (Å²) >= 11 is 0. The van der Waals surface area contributed by atoms with Crippen molar-refractivity contribution in [2.45, 2.75) is 59.2 Å². The van der Waals surface area contributed by atoms with Gasteiger partial charge in [-0.25, -0.2) is 0 Å². The van der Waals surface area contributed by atoms with Gasteiger partial charge >= 0.3 is 6.18 Å². The average Bonchev–Trinajstić information content (AvgIpc) is 2.96. The molecular formula is C20H36F3IN6. The quantitative estimate of drug-likeness (QED) is 0.216. The van der Waals surface area contributed by atoms with Crippen LogP contribution in [0.5, 0.6) is 0 Å². The molecule has 1 aliphatic heterocycles. The molecule has 2 N–H and O–H groups in total. The average molecular weight is 544 g/mol. The van der Waals surface area contributed by atoms with E-state index in [0.717, 1.165) is 62.7 Å². The Morgan fingerprint density at radius 3 is 2.50 bits per heavy atom. The molecule has 2 heterocycles. The number of aryl methyl sites for hydroxylation is 3. The predicted molar refractivity (Wildman–Crippen MR) is 126 cm³/mol. The minimum absolute atomic E-state index is 0. The van der Waals surface area contributed by atoms with Crippen LogP contribution in [0.1, 0.15) is 44.0 Å². The van der Waals surface area contributed by atoms with Crippen molar-refractivity contribution in [2.75, 3.05) is 39.3 Å². The van der Waals surface area contributed by atoms with E-state index in [9.17, 15) is 13.2 Å². The van der Waals surface area contributed by atoms with E-state index in [1.165, 1.54) is 4.90 Å². The van der Waals surface area contributed by atoms with E-state index in [0.29, 0.717) is 25.6 Å². The van der Waals surface area contributed by atoms with Crippen LogP contribution in [0.4, 0.5) is 13.2 Å². The molecule has 0 bridgehead atoms. The number of guanidine groups is 1. The SMILES string of the molecule is CCNC(=NCCCn1nc(C)cc1C)NCCC1CCN(CC(F)(F)F)CC1.I. The Kier molecular flexibility index (Phi) is 12.0. The van der Waals surface area contributed by atoms with Crippen LogP contribution < -0.4 is 10.6 Å². The highest BCUT2D eigenvalue weighted by Gasteiger charge is 2.32. The van der Waals surface area contributed by atoms with E-state index < -0.39 is 12.7 Å². The minimum Gasteiger partial charge on any atom is -0.357 e. The van der Waals surface area contributed by atoms with Crippen molar-refractivity contribution >= 4 is 29.9 Å². The van der Waals surface area contributed by atoms with E-state index in [1.54, 1.807) is 0 Å². The third-order valence-corrected chi connectivity index (χ3v) is 5.20. The second-order valence-corrected chi connectivity index (χ2v) is 7.81. The first-order chi connectivity index (χ1) is 13.8. The number of aliphatic imine (C=N–C) groups is 1. The fraction of sp³-hybridized carbons (Fsp3) is 0.800. The molecule has 1 saturated heterocycles. The summed E-state index contributed by atoms with van der Waals surface area (Å²) in [6, 6.07) is 2.07. The molecule has 6 nitrogen and oxygen atoms in total. The number of rotatable bonds is 9. The van der Waals surface area contributed by atoms with Gasteiger partial charge < -0.3 is 10.6 Å². The van der Waals surface area contributed by atoms with Gasteiger partial charge in [-0.2, -0.15) is 18.3 Å². The first-order valence-electron chi connectivity index (χ1n) is 10.6. The maximum absolute atomic E-state index is 12.5. The monoisotopic (exact) mass is 544 g/mol. The van der Waals surface area contributed by atoms with Crippen LogP contribution in [0.2, 0.25) is 0 Å². The summed E-state index contributed by atoms with van der Waals surface area (Å²) in [5.41, 5.74) is 2.20. The molecule has 1 aromatic heterocycles. The van der Waals surface area contributed by atoms with Crippen LogP contribution in [0, 0.1) is 19.8 Å². The van der Waals surface area contributed by atoms with Crippen molar-refractivity contribution in [2.24, 2.45) is 10.9 Å².